The fourth-order valence-corrected chi connectivity index (χ4v) is 2.91. The molecule has 0 unspecified atom stereocenters. The molecule has 2 N–H and O–H groups in total. The number of hydrogen-bond acceptors (Lipinski definition) is 2. The lowest BCUT2D eigenvalue weighted by molar-refractivity contribution is 0.110. The summed E-state index contributed by atoms with van der Waals surface area (Å²) in [6.07, 6.45) is 9.78. The first kappa shape index (κ1) is 8.27. The van der Waals surface area contributed by atoms with Crippen molar-refractivity contribution in [1.82, 2.24) is 4.98 Å². The molecule has 0 aliphatic heterocycles. The zero-order valence-electron chi connectivity index (χ0n) is 8.42. The summed E-state index contributed by atoms with van der Waals surface area (Å²) in [5, 5.41) is 0. The third-order valence-corrected chi connectivity index (χ3v) is 3.95. The molecule has 1 aromatic rings. The summed E-state index contributed by atoms with van der Waals surface area (Å²) in [6.45, 7) is 0. The van der Waals surface area contributed by atoms with E-state index in [2.05, 4.69) is 11.1 Å². The topological polar surface area (TPSA) is 38.9 Å². The Hall–Kier alpha value is -1.05. The van der Waals surface area contributed by atoms with Crippen LogP contribution in [-0.2, 0) is 12.8 Å². The summed E-state index contributed by atoms with van der Waals surface area (Å²) in [6, 6.07) is 2.13. The van der Waals surface area contributed by atoms with Crippen molar-refractivity contribution in [2.45, 2.75) is 38.5 Å². The van der Waals surface area contributed by atoms with Gasteiger partial charge in [0.2, 0.25) is 0 Å². The Labute approximate surface area is 84.5 Å². The molecule has 2 heteroatoms. The minimum absolute atomic E-state index is 0.641. The maximum atomic E-state index is 5.77. The molecule has 2 aliphatic rings. The van der Waals surface area contributed by atoms with Crippen molar-refractivity contribution in [2.75, 3.05) is 5.73 Å². The molecule has 1 saturated carbocycles. The quantitative estimate of drug-likeness (QED) is 0.678. The van der Waals surface area contributed by atoms with Gasteiger partial charge in [-0.3, -0.25) is 4.98 Å². The van der Waals surface area contributed by atoms with E-state index < -0.39 is 0 Å². The molecule has 1 spiro atoms. The van der Waals surface area contributed by atoms with Gasteiger partial charge in [0.15, 0.2) is 0 Å². The van der Waals surface area contributed by atoms with Crippen LogP contribution < -0.4 is 5.73 Å². The standard InChI is InChI=1S/C12H16N2/c13-10-6-9-7-12(3-1-4-12)5-2-11(9)14-8-10/h6,8H,1-5,7,13H2. The van der Waals surface area contributed by atoms with Gasteiger partial charge in [-0.2, -0.15) is 0 Å². The smallest absolute Gasteiger partial charge is 0.0503 e. The maximum absolute atomic E-state index is 5.77. The number of nitrogens with zero attached hydrogens (tertiary/aromatic N) is 1. The first-order valence-corrected chi connectivity index (χ1v) is 5.51. The third-order valence-electron chi connectivity index (χ3n) is 3.95. The van der Waals surface area contributed by atoms with Crippen molar-refractivity contribution < 1.29 is 0 Å². The lowest BCUT2D eigenvalue weighted by atomic mass is 9.60. The SMILES string of the molecule is Nc1cnc2c(c1)CC1(CCC1)CC2. The molecule has 0 amide bonds. The van der Waals surface area contributed by atoms with Crippen LogP contribution in [0, 0.1) is 5.41 Å². The Morgan fingerprint density at radius 1 is 1.29 bits per heavy atom. The van der Waals surface area contributed by atoms with Gasteiger partial charge in [-0.05, 0) is 49.1 Å². The largest absolute Gasteiger partial charge is 0.397 e. The van der Waals surface area contributed by atoms with Gasteiger partial charge in [-0.25, -0.2) is 0 Å². The van der Waals surface area contributed by atoms with E-state index in [4.69, 9.17) is 5.73 Å². The molecule has 0 saturated heterocycles. The van der Waals surface area contributed by atoms with E-state index in [1.165, 1.54) is 43.4 Å². The van der Waals surface area contributed by atoms with E-state index in [-0.39, 0.29) is 0 Å². The average Bonchev–Trinajstić information content (AvgIpc) is 2.14. The van der Waals surface area contributed by atoms with E-state index in [1.54, 1.807) is 6.20 Å². The van der Waals surface area contributed by atoms with Gasteiger partial charge >= 0.3 is 0 Å². The second kappa shape index (κ2) is 2.72. The minimum atomic E-state index is 0.641. The highest BCUT2D eigenvalue weighted by Crippen LogP contribution is 2.49. The van der Waals surface area contributed by atoms with Crippen LogP contribution in [0.4, 0.5) is 5.69 Å². The molecule has 2 nitrogen and oxygen atoms in total. The number of nitrogens with two attached hydrogens (primary N) is 1. The van der Waals surface area contributed by atoms with Crippen LogP contribution in [0.15, 0.2) is 12.3 Å². The molecular formula is C12H16N2. The number of anilines is 1. The van der Waals surface area contributed by atoms with Gasteiger partial charge in [-0.1, -0.05) is 6.42 Å². The fraction of sp³-hybridized carbons (Fsp3) is 0.583. The first-order chi connectivity index (χ1) is 6.77. The predicted molar refractivity (Wildman–Crippen MR) is 57.0 cm³/mol. The summed E-state index contributed by atoms with van der Waals surface area (Å²) in [5.41, 5.74) is 9.93. The Morgan fingerprint density at radius 2 is 2.14 bits per heavy atom. The Morgan fingerprint density at radius 3 is 2.86 bits per heavy atom. The molecule has 0 atom stereocenters. The number of hydrogen-bond donors (Lipinski definition) is 1. The molecule has 1 fully saturated rings. The zero-order chi connectivity index (χ0) is 9.60. The monoisotopic (exact) mass is 188 g/mol. The van der Waals surface area contributed by atoms with Crippen molar-refractivity contribution in [3.05, 3.63) is 23.5 Å². The highest BCUT2D eigenvalue weighted by atomic mass is 14.7. The summed E-state index contributed by atoms with van der Waals surface area (Å²) < 4.78 is 0. The second-order valence-electron chi connectivity index (χ2n) is 4.90. The van der Waals surface area contributed by atoms with Gasteiger partial charge in [0, 0.05) is 5.69 Å². The summed E-state index contributed by atoms with van der Waals surface area (Å²) in [5.74, 6) is 0. The van der Waals surface area contributed by atoms with Crippen LogP contribution in [0.5, 0.6) is 0 Å². The zero-order valence-corrected chi connectivity index (χ0v) is 8.42. The first-order valence-electron chi connectivity index (χ1n) is 5.51. The van der Waals surface area contributed by atoms with Gasteiger partial charge in [0.25, 0.3) is 0 Å². The van der Waals surface area contributed by atoms with Gasteiger partial charge in [0.05, 0.1) is 11.9 Å². The second-order valence-corrected chi connectivity index (χ2v) is 4.90. The fourth-order valence-electron chi connectivity index (χ4n) is 2.91. The van der Waals surface area contributed by atoms with E-state index in [1.807, 2.05) is 0 Å². The molecule has 3 rings (SSSR count). The summed E-state index contributed by atoms with van der Waals surface area (Å²) in [7, 11) is 0. The normalized spacial score (nSPS) is 22.9. The lowest BCUT2D eigenvalue weighted by Gasteiger charge is -2.45. The number of pyridine rings is 1. The molecule has 0 radical (unpaired) electrons. The van der Waals surface area contributed by atoms with Gasteiger partial charge in [0.1, 0.15) is 0 Å². The van der Waals surface area contributed by atoms with Crippen LogP contribution in [0.25, 0.3) is 0 Å². The van der Waals surface area contributed by atoms with Crippen molar-refractivity contribution in [3.8, 4) is 0 Å². The average molecular weight is 188 g/mol. The highest BCUT2D eigenvalue weighted by Gasteiger charge is 2.39. The van der Waals surface area contributed by atoms with E-state index in [0.717, 1.165) is 12.1 Å². The van der Waals surface area contributed by atoms with Crippen LogP contribution in [0.3, 0.4) is 0 Å². The van der Waals surface area contributed by atoms with Crippen LogP contribution >= 0.6 is 0 Å². The number of aromatic nitrogens is 1. The van der Waals surface area contributed by atoms with E-state index >= 15 is 0 Å². The third kappa shape index (κ3) is 1.13. The lowest BCUT2D eigenvalue weighted by Crippen LogP contribution is -2.35. The molecule has 74 valence electrons. The Kier molecular flexibility index (Phi) is 1.61. The number of aryl methyl sites for hydroxylation is 1. The molecule has 1 heterocycles. The van der Waals surface area contributed by atoms with Crippen LogP contribution in [0.2, 0.25) is 0 Å². The van der Waals surface area contributed by atoms with Crippen LogP contribution in [0.1, 0.15) is 36.9 Å². The van der Waals surface area contributed by atoms with E-state index in [9.17, 15) is 0 Å². The van der Waals surface area contributed by atoms with Crippen molar-refractivity contribution in [3.63, 3.8) is 0 Å². The van der Waals surface area contributed by atoms with Crippen molar-refractivity contribution in [1.29, 1.82) is 0 Å². The maximum Gasteiger partial charge on any atom is 0.0503 e. The molecule has 14 heavy (non-hydrogen) atoms. The summed E-state index contributed by atoms with van der Waals surface area (Å²) >= 11 is 0. The van der Waals surface area contributed by atoms with Gasteiger partial charge in [-0.15, -0.1) is 0 Å². The minimum Gasteiger partial charge on any atom is -0.397 e. The predicted octanol–water partition coefficient (Wildman–Crippen LogP) is 2.32. The van der Waals surface area contributed by atoms with E-state index in [0.29, 0.717) is 5.41 Å². The van der Waals surface area contributed by atoms with Gasteiger partial charge < -0.3 is 5.73 Å². The number of nitrogen functional groups attached to an aromatic ring is 1. The molecule has 1 aromatic heterocycles. The van der Waals surface area contributed by atoms with Crippen molar-refractivity contribution >= 4 is 5.69 Å². The summed E-state index contributed by atoms with van der Waals surface area (Å²) in [4.78, 5) is 4.42. The molecule has 2 aliphatic carbocycles. The number of rotatable bonds is 0. The highest BCUT2D eigenvalue weighted by molar-refractivity contribution is 5.41. The Balaban J connectivity index is 1.96. The Bertz CT molecular complexity index is 367. The van der Waals surface area contributed by atoms with Crippen molar-refractivity contribution in [2.24, 2.45) is 5.41 Å². The molecule has 0 aromatic carbocycles. The molecule has 0 bridgehead atoms. The number of fused-ring (bicyclic) bond motifs is 1. The van der Waals surface area contributed by atoms with Crippen LogP contribution in [-0.4, -0.2) is 4.98 Å². The molecular weight excluding hydrogens is 172 g/mol.